The highest BCUT2D eigenvalue weighted by Gasteiger charge is 2.52. The zero-order chi connectivity index (χ0) is 16.0. The van der Waals surface area contributed by atoms with E-state index in [1.54, 1.807) is 17.9 Å². The second kappa shape index (κ2) is 4.94. The monoisotopic (exact) mass is 310 g/mol. The van der Waals surface area contributed by atoms with Crippen LogP contribution in [0.1, 0.15) is 23.2 Å². The van der Waals surface area contributed by atoms with Gasteiger partial charge in [-0.15, -0.1) is 0 Å². The molecule has 118 valence electrons. The number of rotatable bonds is 2. The highest BCUT2D eigenvalue weighted by molar-refractivity contribution is 6.07. The van der Waals surface area contributed by atoms with Crippen molar-refractivity contribution in [2.24, 2.45) is 7.05 Å². The first-order chi connectivity index (χ1) is 11.1. The van der Waals surface area contributed by atoms with Gasteiger partial charge in [0.1, 0.15) is 5.54 Å². The van der Waals surface area contributed by atoms with E-state index in [2.05, 4.69) is 16.5 Å². The maximum atomic E-state index is 13.0. The maximum Gasteiger partial charge on any atom is 0.325 e. The molecule has 23 heavy (non-hydrogen) atoms. The Labute approximate surface area is 134 Å². The van der Waals surface area contributed by atoms with Crippen LogP contribution in [0.15, 0.2) is 36.5 Å². The number of carbonyl (C=O) groups excluding carboxylic acids is 2. The summed E-state index contributed by atoms with van der Waals surface area (Å²) in [4.78, 5) is 26.6. The molecular formula is C17H18N4O2. The van der Waals surface area contributed by atoms with E-state index in [1.807, 2.05) is 24.3 Å². The largest absolute Gasteiger partial charge is 0.325 e. The van der Waals surface area contributed by atoms with Gasteiger partial charge in [-0.1, -0.05) is 24.3 Å². The minimum absolute atomic E-state index is 0.127. The molecular weight excluding hydrogens is 292 g/mol. The second-order valence-electron chi connectivity index (χ2n) is 6.30. The smallest absolute Gasteiger partial charge is 0.323 e. The quantitative estimate of drug-likeness (QED) is 0.853. The Kier molecular flexibility index (Phi) is 3.01. The molecule has 1 aliphatic carbocycles. The van der Waals surface area contributed by atoms with E-state index in [0.29, 0.717) is 12.8 Å². The molecule has 2 heterocycles. The number of nitrogens with one attached hydrogen (secondary N) is 1. The summed E-state index contributed by atoms with van der Waals surface area (Å²) >= 11 is 0. The lowest BCUT2D eigenvalue weighted by molar-refractivity contribution is -0.132. The van der Waals surface area contributed by atoms with Crippen LogP contribution >= 0.6 is 0 Å². The van der Waals surface area contributed by atoms with Gasteiger partial charge >= 0.3 is 6.03 Å². The van der Waals surface area contributed by atoms with E-state index in [1.165, 1.54) is 10.5 Å². The van der Waals surface area contributed by atoms with Crippen LogP contribution in [0, 0.1) is 0 Å². The summed E-state index contributed by atoms with van der Waals surface area (Å²) in [6.45, 7) is 0.255. The van der Waals surface area contributed by atoms with E-state index >= 15 is 0 Å². The number of aryl methyl sites for hydroxylation is 2. The summed E-state index contributed by atoms with van der Waals surface area (Å²) in [5.41, 5.74) is 2.46. The van der Waals surface area contributed by atoms with Gasteiger partial charge in [-0.05, 0) is 30.0 Å². The molecule has 1 fully saturated rings. The molecule has 4 rings (SSSR count). The summed E-state index contributed by atoms with van der Waals surface area (Å²) < 4.78 is 1.68. The summed E-state index contributed by atoms with van der Waals surface area (Å²) in [5.74, 6) is -0.127. The minimum Gasteiger partial charge on any atom is -0.323 e. The molecule has 2 aliphatic rings. The van der Waals surface area contributed by atoms with Crippen LogP contribution in [-0.4, -0.2) is 32.2 Å². The molecule has 1 aromatic heterocycles. The zero-order valence-electron chi connectivity index (χ0n) is 13.0. The van der Waals surface area contributed by atoms with E-state index < -0.39 is 5.54 Å². The van der Waals surface area contributed by atoms with Gasteiger partial charge in [-0.3, -0.25) is 14.4 Å². The fourth-order valence-corrected chi connectivity index (χ4v) is 3.56. The van der Waals surface area contributed by atoms with Gasteiger partial charge in [0.05, 0.1) is 12.2 Å². The van der Waals surface area contributed by atoms with Crippen LogP contribution in [0.2, 0.25) is 0 Å². The topological polar surface area (TPSA) is 67.2 Å². The standard InChI is InChI=1S/C17H18N4O2/c1-20-14(7-9-18-20)11-21-15(22)17(19-16(21)23)8-6-12-4-2-3-5-13(12)10-17/h2-5,7,9H,6,8,10-11H2,1H3,(H,19,23). The molecule has 1 aliphatic heterocycles. The van der Waals surface area contributed by atoms with Gasteiger partial charge in [-0.25, -0.2) is 4.79 Å². The fourth-order valence-electron chi connectivity index (χ4n) is 3.56. The molecule has 1 N–H and O–H groups in total. The Balaban J connectivity index is 1.62. The molecule has 0 bridgehead atoms. The van der Waals surface area contributed by atoms with E-state index in [4.69, 9.17) is 0 Å². The number of hydrogen-bond donors (Lipinski definition) is 1. The highest BCUT2D eigenvalue weighted by Crippen LogP contribution is 2.34. The zero-order valence-corrected chi connectivity index (χ0v) is 13.0. The van der Waals surface area contributed by atoms with Gasteiger partial charge in [-0.2, -0.15) is 5.10 Å². The lowest BCUT2D eigenvalue weighted by Crippen LogP contribution is -2.51. The van der Waals surface area contributed by atoms with Crippen molar-refractivity contribution >= 4 is 11.9 Å². The molecule has 1 unspecified atom stereocenters. The van der Waals surface area contributed by atoms with Gasteiger partial charge in [0.15, 0.2) is 0 Å². The average molecular weight is 310 g/mol. The average Bonchev–Trinajstić information content (AvgIpc) is 3.05. The lowest BCUT2D eigenvalue weighted by Gasteiger charge is -2.32. The predicted octanol–water partition coefficient (Wildman–Crippen LogP) is 1.40. The van der Waals surface area contributed by atoms with Crippen molar-refractivity contribution in [1.29, 1.82) is 0 Å². The number of fused-ring (bicyclic) bond motifs is 1. The number of aromatic nitrogens is 2. The third kappa shape index (κ3) is 2.13. The Morgan fingerprint density at radius 2 is 2.00 bits per heavy atom. The van der Waals surface area contributed by atoms with Crippen molar-refractivity contribution in [1.82, 2.24) is 20.0 Å². The number of nitrogens with zero attached hydrogens (tertiary/aromatic N) is 3. The van der Waals surface area contributed by atoms with Crippen LogP contribution in [0.4, 0.5) is 4.79 Å². The molecule has 0 saturated carbocycles. The number of benzene rings is 1. The predicted molar refractivity (Wildman–Crippen MR) is 83.5 cm³/mol. The molecule has 0 radical (unpaired) electrons. The van der Waals surface area contributed by atoms with Crippen molar-refractivity contribution in [2.45, 2.75) is 31.3 Å². The molecule has 1 atom stereocenters. The van der Waals surface area contributed by atoms with Crippen LogP contribution in [-0.2, 0) is 31.2 Å². The van der Waals surface area contributed by atoms with Crippen LogP contribution in [0.25, 0.3) is 0 Å². The first-order valence-corrected chi connectivity index (χ1v) is 7.77. The van der Waals surface area contributed by atoms with Crippen molar-refractivity contribution in [3.05, 3.63) is 53.3 Å². The second-order valence-corrected chi connectivity index (χ2v) is 6.30. The van der Waals surface area contributed by atoms with Crippen molar-refractivity contribution in [2.75, 3.05) is 0 Å². The highest BCUT2D eigenvalue weighted by atomic mass is 16.2. The van der Waals surface area contributed by atoms with Gasteiger partial charge in [0.2, 0.25) is 0 Å². The third-order valence-corrected chi connectivity index (χ3v) is 4.92. The van der Waals surface area contributed by atoms with Gasteiger partial charge in [0, 0.05) is 19.7 Å². The number of urea groups is 1. The lowest BCUT2D eigenvalue weighted by atomic mass is 9.78. The first-order valence-electron chi connectivity index (χ1n) is 7.77. The molecule has 6 heteroatoms. The summed E-state index contributed by atoms with van der Waals surface area (Å²) in [6.07, 6.45) is 3.69. The van der Waals surface area contributed by atoms with E-state index in [0.717, 1.165) is 17.7 Å². The first kappa shape index (κ1) is 14.0. The van der Waals surface area contributed by atoms with Crippen molar-refractivity contribution < 1.29 is 9.59 Å². The number of hydrogen-bond acceptors (Lipinski definition) is 3. The molecule has 1 saturated heterocycles. The van der Waals surface area contributed by atoms with Crippen molar-refractivity contribution in [3.63, 3.8) is 0 Å². The Hall–Kier alpha value is -2.63. The Morgan fingerprint density at radius 3 is 2.74 bits per heavy atom. The van der Waals surface area contributed by atoms with Crippen LogP contribution in [0.5, 0.6) is 0 Å². The Bertz CT molecular complexity index is 797. The molecule has 1 aromatic carbocycles. The summed E-state index contributed by atoms with van der Waals surface area (Å²) in [5, 5.41) is 7.04. The summed E-state index contributed by atoms with van der Waals surface area (Å²) in [7, 11) is 1.81. The van der Waals surface area contributed by atoms with Crippen molar-refractivity contribution in [3.8, 4) is 0 Å². The van der Waals surface area contributed by atoms with E-state index in [-0.39, 0.29) is 18.5 Å². The summed E-state index contributed by atoms with van der Waals surface area (Å²) in [6, 6.07) is 9.64. The number of imide groups is 1. The van der Waals surface area contributed by atoms with Crippen LogP contribution < -0.4 is 5.32 Å². The Morgan fingerprint density at radius 1 is 1.22 bits per heavy atom. The van der Waals surface area contributed by atoms with Gasteiger partial charge in [0.25, 0.3) is 5.91 Å². The minimum atomic E-state index is -0.788. The third-order valence-electron chi connectivity index (χ3n) is 4.92. The molecule has 6 nitrogen and oxygen atoms in total. The van der Waals surface area contributed by atoms with Crippen LogP contribution in [0.3, 0.4) is 0 Å². The normalized spacial score (nSPS) is 23.3. The maximum absolute atomic E-state index is 13.0. The van der Waals surface area contributed by atoms with Gasteiger partial charge < -0.3 is 5.32 Å². The SMILES string of the molecule is Cn1nccc1CN1C(=O)NC2(CCc3ccccc3C2)C1=O. The molecule has 1 spiro atoms. The fraction of sp³-hybridized carbons (Fsp3) is 0.353. The number of carbonyl (C=O) groups is 2. The van der Waals surface area contributed by atoms with E-state index in [9.17, 15) is 9.59 Å². The molecule has 3 amide bonds. The molecule has 2 aromatic rings. The number of amides is 3.